The van der Waals surface area contributed by atoms with Crippen molar-refractivity contribution in [2.75, 3.05) is 39.1 Å². The first kappa shape index (κ1) is 13.4. The molecule has 3 heteroatoms. The van der Waals surface area contributed by atoms with E-state index in [9.17, 15) is 0 Å². The molecule has 1 fully saturated rings. The third-order valence-corrected chi connectivity index (χ3v) is 3.88. The lowest BCUT2D eigenvalue weighted by molar-refractivity contribution is 0.315. The minimum absolute atomic E-state index is 0.696. The van der Waals surface area contributed by atoms with Crippen LogP contribution >= 0.6 is 0 Å². The van der Waals surface area contributed by atoms with Gasteiger partial charge in [0.2, 0.25) is 0 Å². The van der Waals surface area contributed by atoms with E-state index in [2.05, 4.69) is 54.3 Å². The van der Waals surface area contributed by atoms with Crippen molar-refractivity contribution in [2.24, 2.45) is 0 Å². The standard InChI is InChI=1S/C15H25N3/c1-12-9-13(10-16-2)5-6-15(12)18-8-7-14(11-18)17(3)4/h5-6,9,14,16H,7-8,10-11H2,1-4H3. The molecule has 1 saturated heterocycles. The molecule has 0 bridgehead atoms. The number of nitrogens with zero attached hydrogens (tertiary/aromatic N) is 2. The van der Waals surface area contributed by atoms with Crippen molar-refractivity contribution in [3.8, 4) is 0 Å². The summed E-state index contributed by atoms with van der Waals surface area (Å²) in [5.41, 5.74) is 4.16. The molecule has 1 atom stereocenters. The van der Waals surface area contributed by atoms with E-state index in [0.29, 0.717) is 6.04 Å². The molecule has 0 saturated carbocycles. The van der Waals surface area contributed by atoms with Crippen LogP contribution in [0.4, 0.5) is 5.69 Å². The highest BCUT2D eigenvalue weighted by Crippen LogP contribution is 2.26. The van der Waals surface area contributed by atoms with Gasteiger partial charge in [0.15, 0.2) is 0 Å². The number of anilines is 1. The number of benzene rings is 1. The van der Waals surface area contributed by atoms with Crippen LogP contribution in [0, 0.1) is 6.92 Å². The summed E-state index contributed by atoms with van der Waals surface area (Å²) in [5.74, 6) is 0. The molecule has 1 aromatic rings. The zero-order valence-electron chi connectivity index (χ0n) is 12.0. The molecule has 1 heterocycles. The lowest BCUT2D eigenvalue weighted by Gasteiger charge is -2.23. The third-order valence-electron chi connectivity index (χ3n) is 3.88. The summed E-state index contributed by atoms with van der Waals surface area (Å²) in [5, 5.41) is 3.20. The van der Waals surface area contributed by atoms with E-state index in [1.165, 1.54) is 29.8 Å². The molecule has 1 aliphatic rings. The summed E-state index contributed by atoms with van der Waals surface area (Å²) in [6.45, 7) is 5.49. The van der Waals surface area contributed by atoms with Gasteiger partial charge in [0.25, 0.3) is 0 Å². The highest BCUT2D eigenvalue weighted by atomic mass is 15.2. The SMILES string of the molecule is CNCc1ccc(N2CCC(N(C)C)C2)c(C)c1. The van der Waals surface area contributed by atoms with Crippen molar-refractivity contribution < 1.29 is 0 Å². The zero-order chi connectivity index (χ0) is 13.1. The van der Waals surface area contributed by atoms with Crippen molar-refractivity contribution in [3.05, 3.63) is 29.3 Å². The van der Waals surface area contributed by atoms with Crippen LogP contribution in [0.25, 0.3) is 0 Å². The summed E-state index contributed by atoms with van der Waals surface area (Å²) in [4.78, 5) is 4.86. The van der Waals surface area contributed by atoms with Gasteiger partial charge in [-0.05, 0) is 51.7 Å². The Balaban J connectivity index is 2.10. The van der Waals surface area contributed by atoms with Gasteiger partial charge in [0.1, 0.15) is 0 Å². The van der Waals surface area contributed by atoms with Crippen molar-refractivity contribution >= 4 is 5.69 Å². The topological polar surface area (TPSA) is 18.5 Å². The highest BCUT2D eigenvalue weighted by molar-refractivity contribution is 5.55. The molecule has 1 aromatic carbocycles. The van der Waals surface area contributed by atoms with Crippen LogP contribution in [0.2, 0.25) is 0 Å². The Bertz CT molecular complexity index is 401. The minimum Gasteiger partial charge on any atom is -0.370 e. The Hall–Kier alpha value is -1.06. The molecule has 0 aromatic heterocycles. The lowest BCUT2D eigenvalue weighted by atomic mass is 10.1. The Kier molecular flexibility index (Phi) is 4.25. The second kappa shape index (κ2) is 5.72. The average Bonchev–Trinajstić information content (AvgIpc) is 2.79. The normalized spacial score (nSPS) is 19.8. The van der Waals surface area contributed by atoms with E-state index in [1.54, 1.807) is 0 Å². The molecule has 1 aliphatic heterocycles. The van der Waals surface area contributed by atoms with Gasteiger partial charge in [-0.15, -0.1) is 0 Å². The summed E-state index contributed by atoms with van der Waals surface area (Å²) < 4.78 is 0. The molecule has 0 spiro atoms. The van der Waals surface area contributed by atoms with Gasteiger partial charge in [-0.25, -0.2) is 0 Å². The van der Waals surface area contributed by atoms with Crippen LogP contribution in [0.5, 0.6) is 0 Å². The average molecular weight is 247 g/mol. The van der Waals surface area contributed by atoms with Crippen LogP contribution in [0.3, 0.4) is 0 Å². The summed E-state index contributed by atoms with van der Waals surface area (Å²) in [7, 11) is 6.35. The van der Waals surface area contributed by atoms with Crippen LogP contribution in [0.1, 0.15) is 17.5 Å². The Morgan fingerprint density at radius 1 is 1.39 bits per heavy atom. The fourth-order valence-corrected chi connectivity index (χ4v) is 2.77. The molecule has 18 heavy (non-hydrogen) atoms. The third kappa shape index (κ3) is 2.85. The van der Waals surface area contributed by atoms with Gasteiger partial charge in [-0.3, -0.25) is 0 Å². The first-order valence-corrected chi connectivity index (χ1v) is 6.77. The Morgan fingerprint density at radius 2 is 2.17 bits per heavy atom. The van der Waals surface area contributed by atoms with Gasteiger partial charge in [-0.1, -0.05) is 12.1 Å². The maximum atomic E-state index is 3.20. The van der Waals surface area contributed by atoms with Gasteiger partial charge in [0.05, 0.1) is 0 Å². The van der Waals surface area contributed by atoms with Crippen molar-refractivity contribution in [1.29, 1.82) is 0 Å². The van der Waals surface area contributed by atoms with E-state index in [-0.39, 0.29) is 0 Å². The fraction of sp³-hybridized carbons (Fsp3) is 0.600. The molecule has 0 aliphatic carbocycles. The number of hydrogen-bond donors (Lipinski definition) is 1. The van der Waals surface area contributed by atoms with Crippen molar-refractivity contribution in [3.63, 3.8) is 0 Å². The number of aryl methyl sites for hydroxylation is 1. The lowest BCUT2D eigenvalue weighted by Crippen LogP contribution is -2.31. The highest BCUT2D eigenvalue weighted by Gasteiger charge is 2.24. The second-order valence-corrected chi connectivity index (χ2v) is 5.50. The van der Waals surface area contributed by atoms with Gasteiger partial charge in [0, 0.05) is 31.4 Å². The summed E-state index contributed by atoms with van der Waals surface area (Å²) in [6, 6.07) is 7.51. The van der Waals surface area contributed by atoms with Crippen LogP contribution < -0.4 is 10.2 Å². The number of rotatable bonds is 4. The minimum atomic E-state index is 0.696. The van der Waals surface area contributed by atoms with E-state index < -0.39 is 0 Å². The van der Waals surface area contributed by atoms with Gasteiger partial charge < -0.3 is 15.1 Å². The molecule has 0 amide bonds. The smallest absolute Gasteiger partial charge is 0.0396 e. The summed E-state index contributed by atoms with van der Waals surface area (Å²) in [6.07, 6.45) is 1.27. The zero-order valence-corrected chi connectivity index (χ0v) is 12.0. The number of nitrogens with one attached hydrogen (secondary N) is 1. The molecule has 100 valence electrons. The largest absolute Gasteiger partial charge is 0.370 e. The predicted molar refractivity (Wildman–Crippen MR) is 78.2 cm³/mol. The van der Waals surface area contributed by atoms with Crippen LogP contribution in [0.15, 0.2) is 18.2 Å². The number of likely N-dealkylation sites (N-methyl/N-ethyl adjacent to an activating group) is 1. The summed E-state index contributed by atoms with van der Waals surface area (Å²) >= 11 is 0. The fourth-order valence-electron chi connectivity index (χ4n) is 2.77. The molecular formula is C15H25N3. The van der Waals surface area contributed by atoms with E-state index in [1.807, 2.05) is 7.05 Å². The molecular weight excluding hydrogens is 222 g/mol. The van der Waals surface area contributed by atoms with E-state index in [0.717, 1.165) is 13.1 Å². The first-order valence-electron chi connectivity index (χ1n) is 6.77. The maximum Gasteiger partial charge on any atom is 0.0396 e. The van der Waals surface area contributed by atoms with Crippen molar-refractivity contribution in [1.82, 2.24) is 10.2 Å². The van der Waals surface area contributed by atoms with E-state index in [4.69, 9.17) is 0 Å². The van der Waals surface area contributed by atoms with Crippen LogP contribution in [-0.2, 0) is 6.54 Å². The predicted octanol–water partition coefficient (Wildman–Crippen LogP) is 1.85. The van der Waals surface area contributed by atoms with E-state index >= 15 is 0 Å². The Labute approximate surface area is 111 Å². The molecule has 0 radical (unpaired) electrons. The number of hydrogen-bond acceptors (Lipinski definition) is 3. The quantitative estimate of drug-likeness (QED) is 0.876. The monoisotopic (exact) mass is 247 g/mol. The van der Waals surface area contributed by atoms with Gasteiger partial charge in [-0.2, -0.15) is 0 Å². The van der Waals surface area contributed by atoms with Crippen LogP contribution in [-0.4, -0.2) is 45.2 Å². The Morgan fingerprint density at radius 3 is 2.72 bits per heavy atom. The van der Waals surface area contributed by atoms with Gasteiger partial charge >= 0.3 is 0 Å². The molecule has 3 nitrogen and oxygen atoms in total. The maximum absolute atomic E-state index is 3.20. The van der Waals surface area contributed by atoms with Crippen molar-refractivity contribution in [2.45, 2.75) is 25.9 Å². The molecule has 2 rings (SSSR count). The molecule has 1 unspecified atom stereocenters. The first-order chi connectivity index (χ1) is 8.61. The molecule has 1 N–H and O–H groups in total. The second-order valence-electron chi connectivity index (χ2n) is 5.50.